The van der Waals surface area contributed by atoms with E-state index in [0.29, 0.717) is 0 Å². The van der Waals surface area contributed by atoms with E-state index in [9.17, 15) is 0 Å². The van der Waals surface area contributed by atoms with Crippen LogP contribution < -0.4 is 5.73 Å². The van der Waals surface area contributed by atoms with Crippen molar-refractivity contribution >= 4 is 0 Å². The van der Waals surface area contributed by atoms with Crippen LogP contribution in [0, 0.1) is 13.8 Å². The molecule has 2 heteroatoms. The molecule has 1 aliphatic carbocycles. The molecule has 0 aromatic heterocycles. The molecule has 1 aromatic carbocycles. The van der Waals surface area contributed by atoms with E-state index >= 15 is 0 Å². The first-order valence-electron chi connectivity index (χ1n) is 6.44. The Bertz CT molecular complexity index is 390. The molecule has 0 aliphatic heterocycles. The SMILES string of the molecule is COC1(CC(N)c2ccc(C)cc2C)CCC1. The van der Waals surface area contributed by atoms with Crippen LogP contribution in [0.5, 0.6) is 0 Å². The highest BCUT2D eigenvalue weighted by atomic mass is 16.5. The summed E-state index contributed by atoms with van der Waals surface area (Å²) in [6.45, 7) is 4.26. The van der Waals surface area contributed by atoms with Gasteiger partial charge in [-0.2, -0.15) is 0 Å². The van der Waals surface area contributed by atoms with Crippen molar-refractivity contribution in [3.63, 3.8) is 0 Å². The lowest BCUT2D eigenvalue weighted by Crippen LogP contribution is -2.41. The molecular weight excluding hydrogens is 210 g/mol. The number of nitrogens with two attached hydrogens (primary N) is 1. The molecule has 1 aliphatic rings. The number of hydrogen-bond donors (Lipinski definition) is 1. The minimum absolute atomic E-state index is 0.0523. The number of rotatable bonds is 4. The third-order valence-corrected chi connectivity index (χ3v) is 4.11. The minimum atomic E-state index is 0.0523. The molecule has 0 radical (unpaired) electrons. The highest BCUT2D eigenvalue weighted by Gasteiger charge is 2.38. The van der Waals surface area contributed by atoms with Crippen LogP contribution in [0.3, 0.4) is 0 Å². The van der Waals surface area contributed by atoms with Crippen molar-refractivity contribution in [2.75, 3.05) is 7.11 Å². The summed E-state index contributed by atoms with van der Waals surface area (Å²) in [5, 5.41) is 0. The topological polar surface area (TPSA) is 35.2 Å². The summed E-state index contributed by atoms with van der Waals surface area (Å²) >= 11 is 0. The summed E-state index contributed by atoms with van der Waals surface area (Å²) in [7, 11) is 1.81. The van der Waals surface area contributed by atoms with Gasteiger partial charge in [0.15, 0.2) is 0 Å². The number of benzene rings is 1. The van der Waals surface area contributed by atoms with Crippen LogP contribution in [0.1, 0.15) is 48.4 Å². The molecule has 2 nitrogen and oxygen atoms in total. The fourth-order valence-corrected chi connectivity index (χ4v) is 2.82. The third kappa shape index (κ3) is 2.53. The lowest BCUT2D eigenvalue weighted by molar-refractivity contribution is -0.0817. The molecule has 1 unspecified atom stereocenters. The van der Waals surface area contributed by atoms with E-state index in [1.54, 1.807) is 0 Å². The molecule has 0 saturated heterocycles. The third-order valence-electron chi connectivity index (χ3n) is 4.11. The van der Waals surface area contributed by atoms with Gasteiger partial charge in [0, 0.05) is 13.2 Å². The highest BCUT2D eigenvalue weighted by molar-refractivity contribution is 5.32. The van der Waals surface area contributed by atoms with Gasteiger partial charge in [0.1, 0.15) is 0 Å². The van der Waals surface area contributed by atoms with Gasteiger partial charge in [-0.25, -0.2) is 0 Å². The number of ether oxygens (including phenoxy) is 1. The van der Waals surface area contributed by atoms with Gasteiger partial charge in [0.25, 0.3) is 0 Å². The van der Waals surface area contributed by atoms with Crippen molar-refractivity contribution in [2.45, 2.75) is 51.2 Å². The monoisotopic (exact) mass is 233 g/mol. The van der Waals surface area contributed by atoms with E-state index in [1.165, 1.54) is 23.1 Å². The summed E-state index contributed by atoms with van der Waals surface area (Å²) in [6, 6.07) is 6.60. The normalized spacial score (nSPS) is 19.8. The summed E-state index contributed by atoms with van der Waals surface area (Å²) in [5.74, 6) is 0. The molecular formula is C15H23NO. The Morgan fingerprint density at radius 2 is 2.06 bits per heavy atom. The van der Waals surface area contributed by atoms with Gasteiger partial charge in [-0.1, -0.05) is 23.8 Å². The van der Waals surface area contributed by atoms with Crippen LogP contribution in [-0.4, -0.2) is 12.7 Å². The van der Waals surface area contributed by atoms with Gasteiger partial charge in [0.2, 0.25) is 0 Å². The summed E-state index contributed by atoms with van der Waals surface area (Å²) < 4.78 is 5.65. The van der Waals surface area contributed by atoms with Gasteiger partial charge in [0.05, 0.1) is 5.60 Å². The van der Waals surface area contributed by atoms with Crippen molar-refractivity contribution < 1.29 is 4.74 Å². The zero-order valence-electron chi connectivity index (χ0n) is 11.1. The van der Waals surface area contributed by atoms with Crippen molar-refractivity contribution in [3.05, 3.63) is 34.9 Å². The van der Waals surface area contributed by atoms with Crippen LogP contribution in [0.4, 0.5) is 0 Å². The van der Waals surface area contributed by atoms with Crippen LogP contribution in [-0.2, 0) is 4.74 Å². The first-order chi connectivity index (χ1) is 8.06. The Morgan fingerprint density at radius 3 is 2.53 bits per heavy atom. The van der Waals surface area contributed by atoms with Gasteiger partial charge in [-0.15, -0.1) is 0 Å². The smallest absolute Gasteiger partial charge is 0.0696 e. The van der Waals surface area contributed by atoms with Gasteiger partial charge >= 0.3 is 0 Å². The van der Waals surface area contributed by atoms with Gasteiger partial charge in [-0.05, 0) is 50.7 Å². The largest absolute Gasteiger partial charge is 0.378 e. The molecule has 0 bridgehead atoms. The Kier molecular flexibility index (Phi) is 3.55. The lowest BCUT2D eigenvalue weighted by Gasteiger charge is -2.42. The Morgan fingerprint density at radius 1 is 1.35 bits per heavy atom. The van der Waals surface area contributed by atoms with Crippen LogP contribution in [0.15, 0.2) is 18.2 Å². The predicted molar refractivity (Wildman–Crippen MR) is 71.1 cm³/mol. The van der Waals surface area contributed by atoms with Crippen LogP contribution in [0.2, 0.25) is 0 Å². The van der Waals surface area contributed by atoms with E-state index in [1.807, 2.05) is 7.11 Å². The quantitative estimate of drug-likeness (QED) is 0.866. The predicted octanol–water partition coefficient (Wildman–Crippen LogP) is 3.26. The Labute approximate surface area is 104 Å². The van der Waals surface area contributed by atoms with E-state index in [4.69, 9.17) is 10.5 Å². The summed E-state index contributed by atoms with van der Waals surface area (Å²) in [4.78, 5) is 0. The number of aryl methyl sites for hydroxylation is 2. The first kappa shape index (κ1) is 12.6. The molecule has 2 rings (SSSR count). The average molecular weight is 233 g/mol. The second-order valence-electron chi connectivity index (χ2n) is 5.41. The number of hydrogen-bond acceptors (Lipinski definition) is 2. The minimum Gasteiger partial charge on any atom is -0.378 e. The van der Waals surface area contributed by atoms with E-state index in [-0.39, 0.29) is 11.6 Å². The molecule has 94 valence electrons. The van der Waals surface area contributed by atoms with Crippen LogP contribution >= 0.6 is 0 Å². The van der Waals surface area contributed by atoms with E-state index in [2.05, 4.69) is 32.0 Å². The fourth-order valence-electron chi connectivity index (χ4n) is 2.82. The Balaban J connectivity index is 2.11. The Hall–Kier alpha value is -0.860. The highest BCUT2D eigenvalue weighted by Crippen LogP contribution is 2.41. The maximum absolute atomic E-state index is 6.34. The summed E-state index contributed by atoms with van der Waals surface area (Å²) in [6.07, 6.45) is 4.52. The molecule has 0 spiro atoms. The second kappa shape index (κ2) is 4.79. The van der Waals surface area contributed by atoms with Crippen molar-refractivity contribution in [3.8, 4) is 0 Å². The maximum Gasteiger partial charge on any atom is 0.0696 e. The molecule has 1 aromatic rings. The van der Waals surface area contributed by atoms with E-state index in [0.717, 1.165) is 19.3 Å². The second-order valence-corrected chi connectivity index (χ2v) is 5.41. The maximum atomic E-state index is 6.34. The zero-order chi connectivity index (χ0) is 12.5. The molecule has 1 atom stereocenters. The molecule has 17 heavy (non-hydrogen) atoms. The van der Waals surface area contributed by atoms with Gasteiger partial charge in [-0.3, -0.25) is 0 Å². The molecule has 2 N–H and O–H groups in total. The molecule has 0 heterocycles. The zero-order valence-corrected chi connectivity index (χ0v) is 11.1. The first-order valence-corrected chi connectivity index (χ1v) is 6.44. The van der Waals surface area contributed by atoms with E-state index < -0.39 is 0 Å². The van der Waals surface area contributed by atoms with Crippen molar-refractivity contribution in [2.24, 2.45) is 5.73 Å². The summed E-state index contributed by atoms with van der Waals surface area (Å²) in [5.41, 5.74) is 10.2. The lowest BCUT2D eigenvalue weighted by atomic mass is 9.74. The number of methoxy groups -OCH3 is 1. The average Bonchev–Trinajstić information content (AvgIpc) is 2.23. The fraction of sp³-hybridized carbons (Fsp3) is 0.600. The van der Waals surface area contributed by atoms with Crippen molar-refractivity contribution in [1.29, 1.82) is 0 Å². The molecule has 0 amide bonds. The van der Waals surface area contributed by atoms with Crippen molar-refractivity contribution in [1.82, 2.24) is 0 Å². The molecule has 1 saturated carbocycles. The van der Waals surface area contributed by atoms with Crippen LogP contribution in [0.25, 0.3) is 0 Å². The standard InChI is InChI=1S/C15H23NO/c1-11-5-6-13(12(2)9-11)14(16)10-15(17-3)7-4-8-15/h5-6,9,14H,4,7-8,10,16H2,1-3H3. The molecule has 1 fully saturated rings. The van der Waals surface area contributed by atoms with Gasteiger partial charge < -0.3 is 10.5 Å².